The van der Waals surface area contributed by atoms with Gasteiger partial charge in [-0.1, -0.05) is 18.2 Å². The van der Waals surface area contributed by atoms with Gasteiger partial charge in [0.1, 0.15) is 18.0 Å². The quantitative estimate of drug-likeness (QED) is 0.862. The topological polar surface area (TPSA) is 62.2 Å². The van der Waals surface area contributed by atoms with Crippen LogP contribution in [0.5, 0.6) is 5.75 Å². The first kappa shape index (κ1) is 18.2. The Hall–Kier alpha value is -1.63. The summed E-state index contributed by atoms with van der Waals surface area (Å²) in [4.78, 5) is 16.3. The molecule has 1 aromatic carbocycles. The highest BCUT2D eigenvalue weighted by atomic mass is 16.5. The number of rotatable bonds is 5. The van der Waals surface area contributed by atoms with Crippen LogP contribution in [0.4, 0.5) is 0 Å². The summed E-state index contributed by atoms with van der Waals surface area (Å²) in [6, 6.07) is 7.81. The average molecular weight is 348 g/mol. The third kappa shape index (κ3) is 4.93. The molecular formula is C19H28N2O4. The Morgan fingerprint density at radius 2 is 2.04 bits per heavy atom. The van der Waals surface area contributed by atoms with Crippen LogP contribution in [0.2, 0.25) is 0 Å². The molecule has 0 radical (unpaired) electrons. The Bertz CT molecular complexity index is 589. The van der Waals surface area contributed by atoms with E-state index in [0.29, 0.717) is 45.8 Å². The number of aliphatic hydroxyl groups is 1. The van der Waals surface area contributed by atoms with Crippen molar-refractivity contribution in [3.8, 4) is 5.75 Å². The molecule has 2 aliphatic heterocycles. The molecule has 2 fully saturated rings. The minimum atomic E-state index is -0.911. The third-order valence-corrected chi connectivity index (χ3v) is 4.95. The van der Waals surface area contributed by atoms with E-state index in [0.717, 1.165) is 24.3 Å². The Morgan fingerprint density at radius 1 is 1.28 bits per heavy atom. The first-order valence-electron chi connectivity index (χ1n) is 9.04. The predicted octanol–water partition coefficient (Wildman–Crippen LogP) is 1.06. The van der Waals surface area contributed by atoms with Crippen molar-refractivity contribution in [3.63, 3.8) is 0 Å². The molecule has 0 unspecified atom stereocenters. The third-order valence-electron chi connectivity index (χ3n) is 4.95. The van der Waals surface area contributed by atoms with E-state index < -0.39 is 5.60 Å². The molecule has 2 heterocycles. The second-order valence-electron chi connectivity index (χ2n) is 7.09. The zero-order valence-electron chi connectivity index (χ0n) is 14.9. The largest absolute Gasteiger partial charge is 0.490 e. The van der Waals surface area contributed by atoms with Crippen molar-refractivity contribution < 1.29 is 19.4 Å². The highest BCUT2D eigenvalue weighted by molar-refractivity contribution is 5.78. The average Bonchev–Trinajstić information content (AvgIpc) is 2.62. The van der Waals surface area contributed by atoms with Crippen molar-refractivity contribution in [3.05, 3.63) is 29.8 Å². The molecule has 2 aliphatic rings. The molecule has 6 heteroatoms. The summed E-state index contributed by atoms with van der Waals surface area (Å²) < 4.78 is 11.2. The van der Waals surface area contributed by atoms with E-state index >= 15 is 0 Å². The number of benzene rings is 1. The number of aryl methyl sites for hydroxylation is 1. The van der Waals surface area contributed by atoms with Crippen LogP contribution >= 0.6 is 0 Å². The van der Waals surface area contributed by atoms with Crippen LogP contribution in [0.1, 0.15) is 18.4 Å². The van der Waals surface area contributed by atoms with Gasteiger partial charge >= 0.3 is 0 Å². The Kier molecular flexibility index (Phi) is 5.93. The molecule has 1 aromatic rings. The normalized spacial score (nSPS) is 25.0. The van der Waals surface area contributed by atoms with Gasteiger partial charge in [-0.3, -0.25) is 9.69 Å². The summed E-state index contributed by atoms with van der Waals surface area (Å²) in [7, 11) is 0. The van der Waals surface area contributed by atoms with E-state index in [-0.39, 0.29) is 12.5 Å². The fourth-order valence-electron chi connectivity index (χ4n) is 3.49. The van der Waals surface area contributed by atoms with Gasteiger partial charge in [0.15, 0.2) is 0 Å². The molecule has 0 aliphatic carbocycles. The Labute approximate surface area is 149 Å². The predicted molar refractivity (Wildman–Crippen MR) is 94.7 cm³/mol. The number of para-hydroxylation sites is 1. The van der Waals surface area contributed by atoms with Crippen molar-refractivity contribution in [1.29, 1.82) is 0 Å². The maximum Gasteiger partial charge on any atom is 0.236 e. The lowest BCUT2D eigenvalue weighted by atomic mass is 9.93. The molecule has 1 atom stereocenters. The summed E-state index contributed by atoms with van der Waals surface area (Å²) in [5.74, 6) is 0.921. The van der Waals surface area contributed by atoms with Gasteiger partial charge in [-0.2, -0.15) is 0 Å². The zero-order valence-corrected chi connectivity index (χ0v) is 14.9. The number of piperidine rings is 1. The first-order chi connectivity index (χ1) is 12.1. The SMILES string of the molecule is Cc1ccccc1OC[C@]1(O)CCCN(CC(=O)N2CCOCC2)C1. The molecule has 25 heavy (non-hydrogen) atoms. The fourth-order valence-corrected chi connectivity index (χ4v) is 3.49. The number of nitrogens with zero attached hydrogens (tertiary/aromatic N) is 2. The highest BCUT2D eigenvalue weighted by Gasteiger charge is 2.35. The van der Waals surface area contributed by atoms with E-state index in [4.69, 9.17) is 9.47 Å². The van der Waals surface area contributed by atoms with Gasteiger partial charge in [0, 0.05) is 19.6 Å². The molecule has 0 saturated carbocycles. The van der Waals surface area contributed by atoms with E-state index in [9.17, 15) is 9.90 Å². The minimum absolute atomic E-state index is 0.118. The number of hydrogen-bond acceptors (Lipinski definition) is 5. The highest BCUT2D eigenvalue weighted by Crippen LogP contribution is 2.24. The molecule has 3 rings (SSSR count). The summed E-state index contributed by atoms with van der Waals surface area (Å²) in [5, 5.41) is 10.9. The van der Waals surface area contributed by atoms with E-state index in [1.54, 1.807) is 0 Å². The van der Waals surface area contributed by atoms with Gasteiger partial charge in [-0.25, -0.2) is 0 Å². The van der Waals surface area contributed by atoms with Crippen molar-refractivity contribution in [2.45, 2.75) is 25.4 Å². The molecule has 0 spiro atoms. The van der Waals surface area contributed by atoms with Crippen LogP contribution in [0, 0.1) is 6.92 Å². The number of β-amino-alcohol motifs (C(OH)–C–C–N with tert-alkyl or cyclic N) is 1. The Balaban J connectivity index is 1.52. The standard InChI is InChI=1S/C19H28N2O4/c1-16-5-2-3-6-17(16)25-15-19(23)7-4-8-20(14-19)13-18(22)21-9-11-24-12-10-21/h2-3,5-6,23H,4,7-15H2,1H3/t19-/m0/s1. The summed E-state index contributed by atoms with van der Waals surface area (Å²) in [5.41, 5.74) is 0.146. The number of morpholine rings is 1. The van der Waals surface area contributed by atoms with Gasteiger partial charge in [0.2, 0.25) is 5.91 Å². The van der Waals surface area contributed by atoms with Crippen LogP contribution in [0.15, 0.2) is 24.3 Å². The lowest BCUT2D eigenvalue weighted by molar-refractivity contribution is -0.138. The van der Waals surface area contributed by atoms with E-state index in [1.165, 1.54) is 0 Å². The van der Waals surface area contributed by atoms with Gasteiger partial charge < -0.3 is 19.5 Å². The molecule has 138 valence electrons. The smallest absolute Gasteiger partial charge is 0.236 e. The van der Waals surface area contributed by atoms with Crippen molar-refractivity contribution in [2.75, 3.05) is 52.5 Å². The minimum Gasteiger partial charge on any atom is -0.490 e. The fraction of sp³-hybridized carbons (Fsp3) is 0.632. The molecule has 0 bridgehead atoms. The van der Waals surface area contributed by atoms with Crippen LogP contribution in [-0.4, -0.2) is 79.0 Å². The first-order valence-corrected chi connectivity index (χ1v) is 9.04. The zero-order chi connectivity index (χ0) is 17.7. The van der Waals surface area contributed by atoms with E-state index in [1.807, 2.05) is 41.0 Å². The number of carbonyl (C=O) groups is 1. The number of ether oxygens (including phenoxy) is 2. The van der Waals surface area contributed by atoms with Gasteiger partial charge in [-0.05, 0) is 37.9 Å². The lowest BCUT2D eigenvalue weighted by Crippen LogP contribution is -2.54. The molecular weight excluding hydrogens is 320 g/mol. The summed E-state index contributed by atoms with van der Waals surface area (Å²) >= 11 is 0. The summed E-state index contributed by atoms with van der Waals surface area (Å²) in [6.45, 7) is 6.44. The lowest BCUT2D eigenvalue weighted by Gasteiger charge is -2.39. The van der Waals surface area contributed by atoms with Crippen LogP contribution in [0.3, 0.4) is 0 Å². The van der Waals surface area contributed by atoms with Crippen LogP contribution in [-0.2, 0) is 9.53 Å². The second-order valence-corrected chi connectivity index (χ2v) is 7.09. The van der Waals surface area contributed by atoms with Gasteiger partial charge in [0.25, 0.3) is 0 Å². The van der Waals surface area contributed by atoms with Crippen molar-refractivity contribution in [1.82, 2.24) is 9.80 Å². The van der Waals surface area contributed by atoms with E-state index in [2.05, 4.69) is 0 Å². The number of amides is 1. The summed E-state index contributed by atoms with van der Waals surface area (Å²) in [6.07, 6.45) is 1.56. The van der Waals surface area contributed by atoms with Gasteiger partial charge in [0.05, 0.1) is 19.8 Å². The number of carbonyl (C=O) groups excluding carboxylic acids is 1. The second kappa shape index (κ2) is 8.17. The van der Waals surface area contributed by atoms with Gasteiger partial charge in [-0.15, -0.1) is 0 Å². The molecule has 1 amide bonds. The van der Waals surface area contributed by atoms with Crippen molar-refractivity contribution in [2.24, 2.45) is 0 Å². The molecule has 6 nitrogen and oxygen atoms in total. The monoisotopic (exact) mass is 348 g/mol. The maximum absolute atomic E-state index is 12.4. The number of likely N-dealkylation sites (tertiary alicyclic amines) is 1. The molecule has 2 saturated heterocycles. The Morgan fingerprint density at radius 3 is 2.80 bits per heavy atom. The van der Waals surface area contributed by atoms with Crippen molar-refractivity contribution >= 4 is 5.91 Å². The van der Waals surface area contributed by atoms with Crippen LogP contribution < -0.4 is 4.74 Å². The number of hydrogen-bond donors (Lipinski definition) is 1. The molecule has 1 N–H and O–H groups in total. The maximum atomic E-state index is 12.4. The molecule has 0 aromatic heterocycles. The van der Waals surface area contributed by atoms with Crippen LogP contribution in [0.25, 0.3) is 0 Å².